The summed E-state index contributed by atoms with van der Waals surface area (Å²) in [6, 6.07) is 0. The number of carbonyl (C=O) groups is 1. The zero-order chi connectivity index (χ0) is 12.8. The van der Waals surface area contributed by atoms with E-state index in [9.17, 15) is 15.0 Å². The van der Waals surface area contributed by atoms with E-state index in [-0.39, 0.29) is 6.61 Å². The highest BCUT2D eigenvalue weighted by Gasteiger charge is 2.63. The molecule has 0 spiro atoms. The van der Waals surface area contributed by atoms with Crippen LogP contribution in [0.4, 0.5) is 0 Å². The summed E-state index contributed by atoms with van der Waals surface area (Å²) < 4.78 is 20.6. The summed E-state index contributed by atoms with van der Waals surface area (Å²) in [4.78, 5) is 10.7. The fourth-order valence-corrected chi connectivity index (χ4v) is 1.92. The molecule has 2 N–H and O–H groups in total. The van der Waals surface area contributed by atoms with Crippen LogP contribution in [0, 0.1) is 0 Å². The summed E-state index contributed by atoms with van der Waals surface area (Å²) in [6.45, 7) is 4.25. The Morgan fingerprint density at radius 1 is 1.35 bits per heavy atom. The lowest BCUT2D eigenvalue weighted by Gasteiger charge is -2.28. The van der Waals surface area contributed by atoms with Gasteiger partial charge >= 0.3 is 5.97 Å². The Morgan fingerprint density at radius 2 is 2.00 bits per heavy atom. The van der Waals surface area contributed by atoms with Gasteiger partial charge in [-0.2, -0.15) is 0 Å². The van der Waals surface area contributed by atoms with E-state index >= 15 is 0 Å². The fourth-order valence-electron chi connectivity index (χ4n) is 1.92. The molecule has 0 aliphatic carbocycles. The third kappa shape index (κ3) is 2.29. The van der Waals surface area contributed by atoms with Gasteiger partial charge in [0.25, 0.3) is 0 Å². The van der Waals surface area contributed by atoms with Crippen molar-refractivity contribution in [2.75, 3.05) is 6.61 Å². The highest BCUT2D eigenvalue weighted by molar-refractivity contribution is 5.65. The molecular formula is C10H16O7. The number of ether oxygens (including phenoxy) is 4. The first-order valence-corrected chi connectivity index (χ1v) is 5.31. The van der Waals surface area contributed by atoms with Crippen molar-refractivity contribution >= 4 is 5.97 Å². The molecule has 17 heavy (non-hydrogen) atoms. The van der Waals surface area contributed by atoms with Crippen LogP contribution in [0.25, 0.3) is 0 Å². The van der Waals surface area contributed by atoms with Gasteiger partial charge in [-0.15, -0.1) is 0 Å². The molecule has 0 radical (unpaired) electrons. The summed E-state index contributed by atoms with van der Waals surface area (Å²) in [6.07, 6.45) is -2.98. The van der Waals surface area contributed by atoms with Crippen LogP contribution >= 0.6 is 0 Å². The van der Waals surface area contributed by atoms with E-state index in [1.54, 1.807) is 13.8 Å². The number of fused-ring (bicyclic) bond motifs is 1. The molecule has 0 bridgehead atoms. The Labute approximate surface area is 98.2 Å². The summed E-state index contributed by atoms with van der Waals surface area (Å²) in [7, 11) is 0. The summed E-state index contributed by atoms with van der Waals surface area (Å²) in [5, 5.41) is 19.8. The number of hydrogen-bond donors (Lipinski definition) is 2. The number of hydrogen-bond acceptors (Lipinski definition) is 7. The Morgan fingerprint density at radius 3 is 2.53 bits per heavy atom. The van der Waals surface area contributed by atoms with Crippen LogP contribution in [-0.2, 0) is 23.7 Å². The number of rotatable bonds is 2. The SMILES string of the molecule is CC(=O)OC[C@H]1O[C@@H]2OC(C)(C)O[C@@H]2C1(O)O. The molecule has 0 aromatic heterocycles. The lowest BCUT2D eigenvalue weighted by Crippen LogP contribution is -2.50. The Balaban J connectivity index is 2.04. The minimum absolute atomic E-state index is 0.261. The molecule has 7 heteroatoms. The van der Waals surface area contributed by atoms with Crippen molar-refractivity contribution in [3.63, 3.8) is 0 Å². The van der Waals surface area contributed by atoms with Gasteiger partial charge in [-0.3, -0.25) is 4.79 Å². The molecule has 0 saturated carbocycles. The molecule has 0 unspecified atom stereocenters. The molecule has 2 heterocycles. The molecule has 7 nitrogen and oxygen atoms in total. The van der Waals surface area contributed by atoms with Crippen molar-refractivity contribution in [3.05, 3.63) is 0 Å². The van der Waals surface area contributed by atoms with E-state index in [2.05, 4.69) is 4.74 Å². The van der Waals surface area contributed by atoms with Crippen LogP contribution in [0.1, 0.15) is 20.8 Å². The lowest BCUT2D eigenvalue weighted by atomic mass is 10.1. The van der Waals surface area contributed by atoms with E-state index in [0.717, 1.165) is 0 Å². The normalized spacial score (nSPS) is 37.8. The first-order valence-electron chi connectivity index (χ1n) is 5.31. The fraction of sp³-hybridized carbons (Fsp3) is 0.900. The predicted octanol–water partition coefficient (Wildman–Crippen LogP) is -0.893. The van der Waals surface area contributed by atoms with Crippen LogP contribution in [0.2, 0.25) is 0 Å². The molecule has 2 aliphatic heterocycles. The monoisotopic (exact) mass is 248 g/mol. The molecule has 0 aromatic rings. The third-order valence-corrected chi connectivity index (χ3v) is 2.69. The summed E-state index contributed by atoms with van der Waals surface area (Å²) in [5.74, 6) is -3.70. The second-order valence-corrected chi connectivity index (χ2v) is 4.63. The van der Waals surface area contributed by atoms with Gasteiger partial charge in [0.1, 0.15) is 6.61 Å². The zero-order valence-corrected chi connectivity index (χ0v) is 9.87. The standard InChI is InChI=1S/C10H16O7/c1-5(11)14-4-6-10(12,13)7-8(15-6)17-9(2,3)16-7/h6-8,12-13H,4H2,1-3H3/t6-,7+,8-/m1/s1. The number of aliphatic hydroxyl groups is 2. The molecular weight excluding hydrogens is 232 g/mol. The van der Waals surface area contributed by atoms with E-state index in [0.29, 0.717) is 0 Å². The van der Waals surface area contributed by atoms with E-state index in [4.69, 9.17) is 14.2 Å². The van der Waals surface area contributed by atoms with Crippen molar-refractivity contribution in [2.45, 2.75) is 50.8 Å². The van der Waals surface area contributed by atoms with Gasteiger partial charge in [0.15, 0.2) is 24.3 Å². The summed E-state index contributed by atoms with van der Waals surface area (Å²) in [5.41, 5.74) is 0. The van der Waals surface area contributed by atoms with E-state index < -0.39 is 36.0 Å². The Bertz CT molecular complexity index is 325. The predicted molar refractivity (Wildman–Crippen MR) is 52.5 cm³/mol. The maximum atomic E-state index is 10.7. The average Bonchev–Trinajstić information content (AvgIpc) is 2.57. The van der Waals surface area contributed by atoms with Crippen molar-refractivity contribution in [1.29, 1.82) is 0 Å². The minimum Gasteiger partial charge on any atom is -0.463 e. The van der Waals surface area contributed by atoms with Gasteiger partial charge in [-0.05, 0) is 13.8 Å². The third-order valence-electron chi connectivity index (χ3n) is 2.69. The average molecular weight is 248 g/mol. The second-order valence-electron chi connectivity index (χ2n) is 4.63. The molecule has 3 atom stereocenters. The first-order chi connectivity index (χ1) is 7.72. The Hall–Kier alpha value is -0.730. The van der Waals surface area contributed by atoms with Crippen molar-refractivity contribution in [1.82, 2.24) is 0 Å². The minimum atomic E-state index is -2.24. The zero-order valence-electron chi connectivity index (χ0n) is 9.87. The molecule has 2 rings (SSSR count). The molecule has 0 amide bonds. The molecule has 98 valence electrons. The van der Waals surface area contributed by atoms with Crippen molar-refractivity contribution in [3.8, 4) is 0 Å². The molecule has 0 aromatic carbocycles. The Kier molecular flexibility index (Phi) is 2.91. The van der Waals surface area contributed by atoms with E-state index in [1.807, 2.05) is 0 Å². The van der Waals surface area contributed by atoms with Gasteiger partial charge in [-0.1, -0.05) is 0 Å². The maximum absolute atomic E-state index is 10.7. The van der Waals surface area contributed by atoms with Crippen LogP contribution in [0.5, 0.6) is 0 Å². The van der Waals surface area contributed by atoms with Gasteiger partial charge in [0.2, 0.25) is 5.79 Å². The second kappa shape index (κ2) is 3.89. The largest absolute Gasteiger partial charge is 0.463 e. The maximum Gasteiger partial charge on any atom is 0.302 e. The van der Waals surface area contributed by atoms with Crippen molar-refractivity contribution in [2.24, 2.45) is 0 Å². The first kappa shape index (κ1) is 12.7. The van der Waals surface area contributed by atoms with Crippen LogP contribution < -0.4 is 0 Å². The van der Waals surface area contributed by atoms with Gasteiger partial charge in [0.05, 0.1) is 0 Å². The van der Waals surface area contributed by atoms with Crippen LogP contribution in [0.15, 0.2) is 0 Å². The lowest BCUT2D eigenvalue weighted by molar-refractivity contribution is -0.285. The van der Waals surface area contributed by atoms with E-state index in [1.165, 1.54) is 6.92 Å². The number of carbonyl (C=O) groups excluding carboxylic acids is 1. The van der Waals surface area contributed by atoms with Gasteiger partial charge < -0.3 is 29.2 Å². The van der Waals surface area contributed by atoms with Gasteiger partial charge in [0, 0.05) is 6.92 Å². The van der Waals surface area contributed by atoms with Crippen molar-refractivity contribution < 1.29 is 34.0 Å². The highest BCUT2D eigenvalue weighted by atomic mass is 16.9. The smallest absolute Gasteiger partial charge is 0.302 e. The van der Waals surface area contributed by atoms with Crippen LogP contribution in [-0.4, -0.2) is 52.9 Å². The molecule has 2 aliphatic rings. The quantitative estimate of drug-likeness (QED) is 0.483. The molecule has 2 saturated heterocycles. The van der Waals surface area contributed by atoms with Gasteiger partial charge in [-0.25, -0.2) is 0 Å². The molecule has 2 fully saturated rings. The summed E-state index contributed by atoms with van der Waals surface area (Å²) >= 11 is 0. The van der Waals surface area contributed by atoms with Crippen LogP contribution in [0.3, 0.4) is 0 Å². The number of esters is 1. The highest BCUT2D eigenvalue weighted by Crippen LogP contribution is 2.41. The topological polar surface area (TPSA) is 94.5 Å².